The van der Waals surface area contributed by atoms with Gasteiger partial charge in [0.15, 0.2) is 0 Å². The number of fused-ring (bicyclic) bond motifs is 3. The predicted molar refractivity (Wildman–Crippen MR) is 187 cm³/mol. The van der Waals surface area contributed by atoms with Gasteiger partial charge in [-0.1, -0.05) is 97.1 Å². The lowest BCUT2D eigenvalue weighted by atomic mass is 9.68. The van der Waals surface area contributed by atoms with E-state index in [2.05, 4.69) is 72.8 Å². The molecule has 6 aromatic carbocycles. The lowest BCUT2D eigenvalue weighted by Gasteiger charge is -2.34. The minimum absolute atomic E-state index is 0.549. The largest absolute Gasteiger partial charge is 0.457 e. The highest BCUT2D eigenvalue weighted by Crippen LogP contribution is 2.56. The Morgan fingerprint density at radius 1 is 0.404 bits per heavy atom. The van der Waals surface area contributed by atoms with Gasteiger partial charge in [-0.15, -0.1) is 0 Å². The van der Waals surface area contributed by atoms with Crippen LogP contribution < -0.4 is 9.47 Å². The Balaban J connectivity index is 1.26. The summed E-state index contributed by atoms with van der Waals surface area (Å²) in [5.74, 6) is 2.89. The van der Waals surface area contributed by atoms with Crippen molar-refractivity contribution in [3.8, 4) is 34.1 Å². The molecule has 0 unspecified atom stereocenters. The molecule has 0 bridgehead atoms. The van der Waals surface area contributed by atoms with Crippen LogP contribution in [0.15, 0.2) is 146 Å². The van der Waals surface area contributed by atoms with Crippen molar-refractivity contribution in [2.24, 2.45) is 0 Å². The summed E-state index contributed by atoms with van der Waals surface area (Å²) < 4.78 is 12.5. The molecule has 0 radical (unpaired) electrons. The van der Waals surface area contributed by atoms with Crippen molar-refractivity contribution in [2.75, 3.05) is 0 Å². The number of aliphatic hydroxyl groups is 2. The fraction of sp³-hybridized carbons (Fsp3) is 0.163. The molecule has 234 valence electrons. The second-order valence-corrected chi connectivity index (χ2v) is 13.3. The van der Waals surface area contributed by atoms with E-state index in [1.165, 1.54) is 22.3 Å². The second kappa shape index (κ2) is 11.6. The van der Waals surface area contributed by atoms with E-state index >= 15 is 0 Å². The van der Waals surface area contributed by atoms with Crippen LogP contribution in [-0.2, 0) is 16.6 Å². The van der Waals surface area contributed by atoms with Gasteiger partial charge in [0.05, 0.1) is 16.6 Å². The first-order valence-corrected chi connectivity index (χ1v) is 16.0. The molecule has 1 aliphatic carbocycles. The third-order valence-corrected chi connectivity index (χ3v) is 9.12. The summed E-state index contributed by atoms with van der Waals surface area (Å²) in [4.78, 5) is 0. The highest BCUT2D eigenvalue weighted by molar-refractivity contribution is 5.86. The smallest absolute Gasteiger partial charge is 0.127 e. The van der Waals surface area contributed by atoms with Gasteiger partial charge in [-0.25, -0.2) is 0 Å². The van der Waals surface area contributed by atoms with E-state index in [-0.39, 0.29) is 0 Å². The molecule has 0 amide bonds. The van der Waals surface area contributed by atoms with Crippen molar-refractivity contribution in [2.45, 2.75) is 44.3 Å². The maximum absolute atomic E-state index is 10.3. The minimum Gasteiger partial charge on any atom is -0.457 e. The van der Waals surface area contributed by atoms with Crippen molar-refractivity contribution in [1.82, 2.24) is 0 Å². The lowest BCUT2D eigenvalue weighted by molar-refractivity contribution is 0.0780. The average molecular weight is 619 g/mol. The third-order valence-electron chi connectivity index (χ3n) is 9.12. The van der Waals surface area contributed by atoms with Gasteiger partial charge < -0.3 is 19.7 Å². The molecule has 0 saturated heterocycles. The average Bonchev–Trinajstić information content (AvgIpc) is 3.36. The Hall–Kier alpha value is -5.16. The van der Waals surface area contributed by atoms with Gasteiger partial charge in [0.25, 0.3) is 0 Å². The van der Waals surface area contributed by atoms with Crippen LogP contribution in [0.2, 0.25) is 0 Å². The zero-order valence-electron chi connectivity index (χ0n) is 27.1. The van der Waals surface area contributed by atoms with E-state index < -0.39 is 16.6 Å². The Bertz CT molecular complexity index is 1860. The zero-order chi connectivity index (χ0) is 32.8. The van der Waals surface area contributed by atoms with Crippen molar-refractivity contribution in [3.63, 3.8) is 0 Å². The molecule has 0 fully saturated rings. The summed E-state index contributed by atoms with van der Waals surface area (Å²) >= 11 is 0. The SMILES string of the molecule is CC(C)(O)c1ccc(Oc2ccc(C3(c4ccc(Oc5ccc(C(C)(C)O)cc5)cc4)c4ccccc4-c4ccccc43)cc2)cc1. The van der Waals surface area contributed by atoms with E-state index in [4.69, 9.17) is 9.47 Å². The molecule has 0 saturated carbocycles. The Morgan fingerprint density at radius 2 is 0.702 bits per heavy atom. The molecule has 0 atom stereocenters. The van der Waals surface area contributed by atoms with Crippen LogP contribution in [0.3, 0.4) is 0 Å². The van der Waals surface area contributed by atoms with E-state index in [0.717, 1.165) is 33.8 Å². The summed E-state index contributed by atoms with van der Waals surface area (Å²) in [6.07, 6.45) is 0. The summed E-state index contributed by atoms with van der Waals surface area (Å²) in [6, 6.07) is 49.2. The standard InChI is InChI=1S/C43H38O4/c1-41(2,44)29-13-21-33(22-14-29)46-35-25-17-31(18-26-35)43(39-11-7-5-9-37(39)38-10-6-8-12-40(38)43)32-19-27-36(28-20-32)47-34-23-15-30(16-24-34)42(3,4)45/h5-28,44-45H,1-4H3. The van der Waals surface area contributed by atoms with Gasteiger partial charge in [-0.05, 0) is 121 Å². The normalized spacial score (nSPS) is 13.5. The molecule has 4 nitrogen and oxygen atoms in total. The van der Waals surface area contributed by atoms with Gasteiger partial charge in [0.1, 0.15) is 23.0 Å². The molecule has 6 aromatic rings. The van der Waals surface area contributed by atoms with Crippen molar-refractivity contribution < 1.29 is 19.7 Å². The van der Waals surface area contributed by atoms with Gasteiger partial charge in [0, 0.05) is 0 Å². The van der Waals surface area contributed by atoms with E-state index in [9.17, 15) is 10.2 Å². The molecular weight excluding hydrogens is 580 g/mol. The van der Waals surface area contributed by atoms with Crippen LogP contribution >= 0.6 is 0 Å². The highest BCUT2D eigenvalue weighted by Gasteiger charge is 2.45. The summed E-state index contributed by atoms with van der Waals surface area (Å²) in [7, 11) is 0. The molecular formula is C43H38O4. The number of hydrogen-bond donors (Lipinski definition) is 2. The first-order chi connectivity index (χ1) is 22.5. The summed E-state index contributed by atoms with van der Waals surface area (Å²) in [5.41, 5.74) is 6.48. The Kier molecular flexibility index (Phi) is 7.51. The van der Waals surface area contributed by atoms with Crippen LogP contribution in [0.1, 0.15) is 61.1 Å². The molecule has 0 spiro atoms. The van der Waals surface area contributed by atoms with Crippen LogP contribution in [0.4, 0.5) is 0 Å². The monoisotopic (exact) mass is 618 g/mol. The fourth-order valence-electron chi connectivity index (χ4n) is 6.70. The number of ether oxygens (including phenoxy) is 2. The van der Waals surface area contributed by atoms with Gasteiger partial charge >= 0.3 is 0 Å². The first-order valence-electron chi connectivity index (χ1n) is 16.0. The summed E-state index contributed by atoms with van der Waals surface area (Å²) in [5, 5.41) is 20.6. The van der Waals surface area contributed by atoms with Crippen molar-refractivity contribution >= 4 is 0 Å². The van der Waals surface area contributed by atoms with Crippen molar-refractivity contribution in [1.29, 1.82) is 0 Å². The van der Waals surface area contributed by atoms with E-state index in [1.54, 1.807) is 27.7 Å². The predicted octanol–water partition coefficient (Wildman–Crippen LogP) is 10.1. The molecule has 0 heterocycles. The Labute approximate surface area is 276 Å². The fourth-order valence-corrected chi connectivity index (χ4v) is 6.70. The van der Waals surface area contributed by atoms with Crippen LogP contribution in [0.25, 0.3) is 11.1 Å². The Morgan fingerprint density at radius 3 is 1.02 bits per heavy atom. The van der Waals surface area contributed by atoms with E-state index in [1.807, 2.05) is 72.8 Å². The topological polar surface area (TPSA) is 58.9 Å². The van der Waals surface area contributed by atoms with Gasteiger partial charge in [0.2, 0.25) is 0 Å². The van der Waals surface area contributed by atoms with Gasteiger partial charge in [-0.3, -0.25) is 0 Å². The molecule has 4 heteroatoms. The number of rotatable bonds is 8. The van der Waals surface area contributed by atoms with Gasteiger partial charge in [-0.2, -0.15) is 0 Å². The number of hydrogen-bond acceptors (Lipinski definition) is 4. The second-order valence-electron chi connectivity index (χ2n) is 13.3. The van der Waals surface area contributed by atoms with E-state index in [0.29, 0.717) is 11.5 Å². The third kappa shape index (κ3) is 5.61. The molecule has 47 heavy (non-hydrogen) atoms. The van der Waals surface area contributed by atoms with Crippen LogP contribution in [0, 0.1) is 0 Å². The van der Waals surface area contributed by atoms with Crippen LogP contribution in [0.5, 0.6) is 23.0 Å². The molecule has 0 aliphatic heterocycles. The van der Waals surface area contributed by atoms with Crippen LogP contribution in [-0.4, -0.2) is 10.2 Å². The zero-order valence-corrected chi connectivity index (χ0v) is 27.1. The molecule has 0 aromatic heterocycles. The molecule has 1 aliphatic rings. The maximum atomic E-state index is 10.3. The van der Waals surface area contributed by atoms with Crippen molar-refractivity contribution in [3.05, 3.63) is 179 Å². The molecule has 7 rings (SSSR count). The summed E-state index contributed by atoms with van der Waals surface area (Å²) in [6.45, 7) is 7.09. The highest BCUT2D eigenvalue weighted by atomic mass is 16.5. The first kappa shape index (κ1) is 30.5. The molecule has 2 N–H and O–H groups in total. The number of benzene rings is 6. The lowest BCUT2D eigenvalue weighted by Crippen LogP contribution is -2.28. The minimum atomic E-state index is -0.907. The quantitative estimate of drug-likeness (QED) is 0.178. The maximum Gasteiger partial charge on any atom is 0.127 e.